The Bertz CT molecular complexity index is 753. The van der Waals surface area contributed by atoms with Gasteiger partial charge >= 0.3 is 0 Å². The van der Waals surface area contributed by atoms with E-state index in [-0.39, 0.29) is 5.91 Å². The SMILES string of the molecule is O=C(CSc1nnc(C2CC2)n1C1CC1)NCCc1ccc(Cl)cc1. The molecule has 0 atom stereocenters. The normalized spacial score (nSPS) is 16.8. The van der Waals surface area contributed by atoms with Crippen molar-refractivity contribution in [3.63, 3.8) is 0 Å². The van der Waals surface area contributed by atoms with Crippen LogP contribution in [0.2, 0.25) is 5.02 Å². The predicted molar refractivity (Wildman–Crippen MR) is 99.2 cm³/mol. The Morgan fingerprint density at radius 3 is 2.64 bits per heavy atom. The number of aromatic nitrogens is 3. The summed E-state index contributed by atoms with van der Waals surface area (Å²) in [6.45, 7) is 0.629. The molecule has 1 aromatic heterocycles. The molecule has 2 aromatic rings. The molecule has 2 saturated carbocycles. The van der Waals surface area contributed by atoms with E-state index in [1.807, 2.05) is 24.3 Å². The van der Waals surface area contributed by atoms with Crippen molar-refractivity contribution in [1.29, 1.82) is 0 Å². The van der Waals surface area contributed by atoms with Crippen LogP contribution in [-0.2, 0) is 11.2 Å². The molecule has 0 spiro atoms. The molecule has 0 saturated heterocycles. The van der Waals surface area contributed by atoms with E-state index < -0.39 is 0 Å². The van der Waals surface area contributed by atoms with Gasteiger partial charge in [0.2, 0.25) is 5.91 Å². The fourth-order valence-electron chi connectivity index (χ4n) is 2.86. The van der Waals surface area contributed by atoms with Crippen LogP contribution in [0.3, 0.4) is 0 Å². The molecule has 1 aromatic carbocycles. The molecule has 0 bridgehead atoms. The second-order valence-corrected chi connectivity index (χ2v) is 8.11. The number of carbonyl (C=O) groups excluding carboxylic acids is 1. The van der Waals surface area contributed by atoms with Gasteiger partial charge in [-0.15, -0.1) is 10.2 Å². The molecular formula is C18H21ClN4OS. The summed E-state index contributed by atoms with van der Waals surface area (Å²) in [5.74, 6) is 2.15. The van der Waals surface area contributed by atoms with Gasteiger partial charge < -0.3 is 9.88 Å². The summed E-state index contributed by atoms with van der Waals surface area (Å²) in [6, 6.07) is 8.27. The van der Waals surface area contributed by atoms with E-state index in [2.05, 4.69) is 20.1 Å². The van der Waals surface area contributed by atoms with E-state index >= 15 is 0 Å². The lowest BCUT2D eigenvalue weighted by Crippen LogP contribution is -2.27. The van der Waals surface area contributed by atoms with Gasteiger partial charge in [0.1, 0.15) is 5.82 Å². The fourth-order valence-corrected chi connectivity index (χ4v) is 3.83. The molecular weight excluding hydrogens is 356 g/mol. The Morgan fingerprint density at radius 2 is 1.96 bits per heavy atom. The third kappa shape index (κ3) is 4.36. The number of hydrogen-bond acceptors (Lipinski definition) is 4. The van der Waals surface area contributed by atoms with Crippen LogP contribution in [0.15, 0.2) is 29.4 Å². The van der Waals surface area contributed by atoms with Crippen LogP contribution in [0.25, 0.3) is 0 Å². The van der Waals surface area contributed by atoms with E-state index in [1.165, 1.54) is 43.0 Å². The second kappa shape index (κ2) is 7.38. The molecule has 132 valence electrons. The monoisotopic (exact) mass is 376 g/mol. The van der Waals surface area contributed by atoms with Crippen LogP contribution in [0.4, 0.5) is 0 Å². The van der Waals surface area contributed by atoms with Gasteiger partial charge in [-0.3, -0.25) is 4.79 Å². The summed E-state index contributed by atoms with van der Waals surface area (Å²) >= 11 is 7.37. The van der Waals surface area contributed by atoms with Gasteiger partial charge in [0.15, 0.2) is 5.16 Å². The van der Waals surface area contributed by atoms with Gasteiger partial charge in [-0.25, -0.2) is 0 Å². The van der Waals surface area contributed by atoms with E-state index in [0.717, 1.165) is 22.4 Å². The Hall–Kier alpha value is -1.53. The van der Waals surface area contributed by atoms with Gasteiger partial charge in [-0.1, -0.05) is 35.5 Å². The average Bonchev–Trinajstić information content (AvgIpc) is 3.53. The molecule has 0 radical (unpaired) electrons. The van der Waals surface area contributed by atoms with Crippen LogP contribution in [0, 0.1) is 0 Å². The van der Waals surface area contributed by atoms with E-state index in [4.69, 9.17) is 11.6 Å². The van der Waals surface area contributed by atoms with Crippen LogP contribution >= 0.6 is 23.4 Å². The molecule has 2 fully saturated rings. The first kappa shape index (κ1) is 16.9. The number of carbonyl (C=O) groups is 1. The van der Waals surface area contributed by atoms with E-state index in [9.17, 15) is 4.79 Å². The zero-order valence-electron chi connectivity index (χ0n) is 13.9. The molecule has 2 aliphatic carbocycles. The van der Waals surface area contributed by atoms with Gasteiger partial charge in [-0.05, 0) is 49.8 Å². The van der Waals surface area contributed by atoms with Crippen molar-refractivity contribution in [3.8, 4) is 0 Å². The zero-order chi connectivity index (χ0) is 17.2. The molecule has 1 N–H and O–H groups in total. The first-order valence-corrected chi connectivity index (χ1v) is 10.2. The summed E-state index contributed by atoms with van der Waals surface area (Å²) < 4.78 is 2.28. The first-order chi connectivity index (χ1) is 12.2. The molecule has 0 aliphatic heterocycles. The highest BCUT2D eigenvalue weighted by atomic mass is 35.5. The van der Waals surface area contributed by atoms with Gasteiger partial charge in [0, 0.05) is 23.5 Å². The maximum atomic E-state index is 12.1. The smallest absolute Gasteiger partial charge is 0.230 e. The van der Waals surface area contributed by atoms with Crippen molar-refractivity contribution < 1.29 is 4.79 Å². The van der Waals surface area contributed by atoms with Crippen molar-refractivity contribution in [3.05, 3.63) is 40.7 Å². The minimum Gasteiger partial charge on any atom is -0.355 e. The Labute approximate surface area is 156 Å². The number of amides is 1. The number of halogens is 1. The Balaban J connectivity index is 1.25. The predicted octanol–water partition coefficient (Wildman–Crippen LogP) is 3.59. The number of thioether (sulfide) groups is 1. The van der Waals surface area contributed by atoms with Gasteiger partial charge in [-0.2, -0.15) is 0 Å². The average molecular weight is 377 g/mol. The standard InChI is InChI=1S/C18H21ClN4OS/c19-14-5-1-12(2-6-14)9-10-20-16(24)11-25-18-22-21-17(13-3-4-13)23(18)15-7-8-15/h1-2,5-6,13,15H,3-4,7-11H2,(H,20,24). The lowest BCUT2D eigenvalue weighted by atomic mass is 10.1. The largest absolute Gasteiger partial charge is 0.355 e. The number of hydrogen-bond donors (Lipinski definition) is 1. The third-order valence-corrected chi connectivity index (χ3v) is 5.72. The summed E-state index contributed by atoms with van der Waals surface area (Å²) in [4.78, 5) is 12.1. The van der Waals surface area contributed by atoms with Crippen LogP contribution in [0.5, 0.6) is 0 Å². The molecule has 2 aliphatic rings. The summed E-state index contributed by atoms with van der Waals surface area (Å²) in [7, 11) is 0. The highest BCUT2D eigenvalue weighted by molar-refractivity contribution is 7.99. The summed E-state index contributed by atoms with van der Waals surface area (Å²) in [5.41, 5.74) is 1.17. The molecule has 0 unspecified atom stereocenters. The van der Waals surface area contributed by atoms with E-state index in [1.54, 1.807) is 0 Å². The fraction of sp³-hybridized carbons (Fsp3) is 0.500. The van der Waals surface area contributed by atoms with Crippen molar-refractivity contribution in [2.24, 2.45) is 0 Å². The maximum Gasteiger partial charge on any atom is 0.230 e. The summed E-state index contributed by atoms with van der Waals surface area (Å²) in [5, 5.41) is 13.3. The maximum absolute atomic E-state index is 12.1. The van der Waals surface area contributed by atoms with Crippen LogP contribution in [-0.4, -0.2) is 33.0 Å². The van der Waals surface area contributed by atoms with Gasteiger partial charge in [0.05, 0.1) is 5.75 Å². The van der Waals surface area contributed by atoms with Crippen LogP contribution < -0.4 is 5.32 Å². The van der Waals surface area contributed by atoms with E-state index in [0.29, 0.717) is 24.3 Å². The highest BCUT2D eigenvalue weighted by Gasteiger charge is 2.36. The number of nitrogens with zero attached hydrogens (tertiary/aromatic N) is 3. The topological polar surface area (TPSA) is 59.8 Å². The summed E-state index contributed by atoms with van der Waals surface area (Å²) in [6.07, 6.45) is 5.66. The van der Waals surface area contributed by atoms with Crippen molar-refractivity contribution >= 4 is 29.3 Å². The third-order valence-electron chi connectivity index (χ3n) is 4.53. The molecule has 7 heteroatoms. The molecule has 5 nitrogen and oxygen atoms in total. The van der Waals surface area contributed by atoms with Crippen LogP contribution in [0.1, 0.15) is 49.0 Å². The Morgan fingerprint density at radius 1 is 1.20 bits per heavy atom. The zero-order valence-corrected chi connectivity index (χ0v) is 15.5. The molecule has 1 heterocycles. The van der Waals surface area contributed by atoms with Gasteiger partial charge in [0.25, 0.3) is 0 Å². The Kier molecular flexibility index (Phi) is 4.99. The lowest BCUT2D eigenvalue weighted by Gasteiger charge is -2.08. The first-order valence-electron chi connectivity index (χ1n) is 8.79. The van der Waals surface area contributed by atoms with Crippen molar-refractivity contribution in [2.75, 3.05) is 12.3 Å². The number of nitrogens with one attached hydrogen (secondary N) is 1. The second-order valence-electron chi connectivity index (χ2n) is 6.73. The minimum atomic E-state index is 0.0392. The molecule has 25 heavy (non-hydrogen) atoms. The number of rotatable bonds is 8. The highest BCUT2D eigenvalue weighted by Crippen LogP contribution is 2.45. The number of benzene rings is 1. The molecule has 4 rings (SSSR count). The molecule has 1 amide bonds. The lowest BCUT2D eigenvalue weighted by molar-refractivity contribution is -0.118. The van der Waals surface area contributed by atoms with Crippen molar-refractivity contribution in [1.82, 2.24) is 20.1 Å². The minimum absolute atomic E-state index is 0.0392. The quantitative estimate of drug-likeness (QED) is 0.715. The van der Waals surface area contributed by atoms with Crippen molar-refractivity contribution in [2.45, 2.75) is 49.2 Å².